The molecule has 4 saturated carbocycles. The van der Waals surface area contributed by atoms with E-state index in [2.05, 4.69) is 10.3 Å². The molecule has 4 fully saturated rings. The van der Waals surface area contributed by atoms with Crippen LogP contribution < -0.4 is 5.32 Å². The van der Waals surface area contributed by atoms with Crippen molar-refractivity contribution in [3.05, 3.63) is 35.8 Å². The summed E-state index contributed by atoms with van der Waals surface area (Å²) in [7, 11) is -3.43. The Morgan fingerprint density at radius 2 is 1.83 bits per heavy atom. The Labute approximate surface area is 176 Å². The molecule has 2 aromatic heterocycles. The van der Waals surface area contributed by atoms with Crippen LogP contribution in [0.1, 0.15) is 54.7 Å². The van der Waals surface area contributed by atoms with Gasteiger partial charge in [-0.15, -0.1) is 0 Å². The predicted octanol–water partition coefficient (Wildman–Crippen LogP) is 2.19. The number of rotatable bonds is 7. The molecular weight excluding hydrogens is 402 g/mol. The third-order valence-electron chi connectivity index (χ3n) is 7.33. The molecule has 4 aliphatic carbocycles. The van der Waals surface area contributed by atoms with Crippen LogP contribution in [0.15, 0.2) is 24.4 Å². The van der Waals surface area contributed by atoms with Crippen molar-refractivity contribution in [2.75, 3.05) is 18.9 Å². The van der Waals surface area contributed by atoms with Crippen LogP contribution in [0.2, 0.25) is 0 Å². The molecule has 4 aliphatic rings. The average molecular weight is 432 g/mol. The maximum Gasteiger partial charge on any atom is 0.268 e. The Bertz CT molecular complexity index is 1040. The zero-order valence-corrected chi connectivity index (χ0v) is 17.9. The number of nitrogens with one attached hydrogen (secondary N) is 1. The lowest BCUT2D eigenvalue weighted by atomic mass is 9.49. The molecule has 1 amide bonds. The molecule has 2 heterocycles. The number of imidazole rings is 1. The molecule has 2 aromatic rings. The number of fused-ring (bicyclic) bond motifs is 1. The van der Waals surface area contributed by atoms with Crippen LogP contribution >= 0.6 is 0 Å². The predicted molar refractivity (Wildman–Crippen MR) is 113 cm³/mol. The molecule has 0 aromatic carbocycles. The Morgan fingerprint density at radius 3 is 2.47 bits per heavy atom. The van der Waals surface area contributed by atoms with E-state index in [4.69, 9.17) is 5.11 Å². The van der Waals surface area contributed by atoms with Gasteiger partial charge >= 0.3 is 0 Å². The molecule has 0 saturated heterocycles. The van der Waals surface area contributed by atoms with Gasteiger partial charge in [-0.1, -0.05) is 6.07 Å². The number of aliphatic hydroxyl groups excluding tert-OH is 1. The number of nitrogens with zero attached hydrogens (tertiary/aromatic N) is 2. The Morgan fingerprint density at radius 1 is 1.17 bits per heavy atom. The molecule has 30 heavy (non-hydrogen) atoms. The summed E-state index contributed by atoms with van der Waals surface area (Å²) in [6.07, 6.45) is 9.46. The first-order chi connectivity index (χ1) is 14.3. The summed E-state index contributed by atoms with van der Waals surface area (Å²) in [4.78, 5) is 17.4. The van der Waals surface area contributed by atoms with Crippen molar-refractivity contribution in [2.45, 2.75) is 44.3 Å². The van der Waals surface area contributed by atoms with Gasteiger partial charge in [-0.05, 0) is 73.8 Å². The van der Waals surface area contributed by atoms with Crippen LogP contribution in [0.5, 0.6) is 0 Å². The smallest absolute Gasteiger partial charge is 0.268 e. The van der Waals surface area contributed by atoms with Crippen molar-refractivity contribution < 1.29 is 18.3 Å². The number of carbonyl (C=O) groups is 1. The molecule has 0 spiro atoms. The van der Waals surface area contributed by atoms with Gasteiger partial charge in [0, 0.05) is 12.7 Å². The van der Waals surface area contributed by atoms with Gasteiger partial charge in [-0.2, -0.15) is 0 Å². The lowest BCUT2D eigenvalue weighted by Gasteiger charge is -2.56. The summed E-state index contributed by atoms with van der Waals surface area (Å²) in [5.41, 5.74) is 1.66. The van der Waals surface area contributed by atoms with Crippen molar-refractivity contribution in [1.29, 1.82) is 0 Å². The lowest BCUT2D eigenvalue weighted by Crippen LogP contribution is -2.51. The summed E-state index contributed by atoms with van der Waals surface area (Å²) in [5, 5.41) is 12.1. The maximum absolute atomic E-state index is 13.0. The molecule has 6 rings (SSSR count). The monoisotopic (exact) mass is 431 g/mol. The quantitative estimate of drug-likeness (QED) is 0.700. The minimum absolute atomic E-state index is 0.140. The zero-order valence-electron chi connectivity index (χ0n) is 17.1. The van der Waals surface area contributed by atoms with Crippen LogP contribution in [0, 0.1) is 23.2 Å². The summed E-state index contributed by atoms with van der Waals surface area (Å²) in [6, 6.07) is 5.28. The highest BCUT2D eigenvalue weighted by Gasteiger charge is 2.50. The highest BCUT2D eigenvalue weighted by Crippen LogP contribution is 2.59. The fourth-order valence-electron chi connectivity index (χ4n) is 6.62. The van der Waals surface area contributed by atoms with E-state index in [0.29, 0.717) is 17.0 Å². The molecule has 4 bridgehead atoms. The van der Waals surface area contributed by atoms with Crippen molar-refractivity contribution in [3.8, 4) is 0 Å². The molecule has 0 radical (unpaired) electrons. The van der Waals surface area contributed by atoms with E-state index in [-0.39, 0.29) is 22.8 Å². The first kappa shape index (κ1) is 20.0. The Hall–Kier alpha value is -1.93. The molecular formula is C22H29N3O4S. The molecule has 0 unspecified atom stereocenters. The second kappa shape index (κ2) is 7.34. The van der Waals surface area contributed by atoms with E-state index < -0.39 is 16.4 Å². The van der Waals surface area contributed by atoms with E-state index >= 15 is 0 Å². The van der Waals surface area contributed by atoms with E-state index in [1.165, 1.54) is 38.5 Å². The fourth-order valence-corrected chi connectivity index (χ4v) is 7.63. The molecule has 0 atom stereocenters. The van der Waals surface area contributed by atoms with Gasteiger partial charge < -0.3 is 10.4 Å². The third-order valence-corrected chi connectivity index (χ3v) is 8.87. The van der Waals surface area contributed by atoms with E-state index in [0.717, 1.165) is 24.3 Å². The lowest BCUT2D eigenvalue weighted by molar-refractivity contribution is -0.0503. The maximum atomic E-state index is 13.0. The van der Waals surface area contributed by atoms with Crippen molar-refractivity contribution in [1.82, 2.24) is 14.7 Å². The minimum Gasteiger partial charge on any atom is -0.395 e. The topological polar surface area (TPSA) is 101 Å². The average Bonchev–Trinajstić information content (AvgIpc) is 3.06. The van der Waals surface area contributed by atoms with E-state index in [9.17, 15) is 13.2 Å². The molecule has 2 N–H and O–H groups in total. The first-order valence-corrected chi connectivity index (χ1v) is 12.7. The van der Waals surface area contributed by atoms with Crippen LogP contribution in [-0.2, 0) is 15.6 Å². The number of hydrogen-bond donors (Lipinski definition) is 2. The van der Waals surface area contributed by atoms with Crippen LogP contribution in [0.4, 0.5) is 0 Å². The van der Waals surface area contributed by atoms with Crippen LogP contribution in [0.3, 0.4) is 0 Å². The number of aliphatic hydroxyl groups is 1. The summed E-state index contributed by atoms with van der Waals surface area (Å²) in [6.45, 7) is 0.311. The number of aromatic nitrogens is 2. The second-order valence-electron chi connectivity index (χ2n) is 9.79. The molecule has 162 valence electrons. The van der Waals surface area contributed by atoms with E-state index in [1.807, 2.05) is 0 Å². The van der Waals surface area contributed by atoms with Gasteiger partial charge in [0.1, 0.15) is 11.3 Å². The SMILES string of the molecule is O=C(NCC12CC3CC(CC(C3)C1)C2)c1cccc2nc(CS(=O)(=O)CCO)cn12. The first-order valence-electron chi connectivity index (χ1n) is 10.9. The molecule has 8 heteroatoms. The van der Waals surface area contributed by atoms with Crippen molar-refractivity contribution in [3.63, 3.8) is 0 Å². The summed E-state index contributed by atoms with van der Waals surface area (Å²) >= 11 is 0. The number of amides is 1. The van der Waals surface area contributed by atoms with Gasteiger partial charge in [-0.3, -0.25) is 9.20 Å². The highest BCUT2D eigenvalue weighted by molar-refractivity contribution is 7.90. The second-order valence-corrected chi connectivity index (χ2v) is 12.0. The molecule has 7 nitrogen and oxygen atoms in total. The highest BCUT2D eigenvalue weighted by atomic mass is 32.2. The van der Waals surface area contributed by atoms with Gasteiger partial charge in [0.15, 0.2) is 9.84 Å². The van der Waals surface area contributed by atoms with Crippen LogP contribution in [0.25, 0.3) is 5.65 Å². The standard InChI is InChI=1S/C22H29N3O4S/c26-4-5-30(28,29)13-18-12-25-19(2-1-3-20(25)24-18)21(27)23-14-22-9-15-6-16(10-22)8-17(7-15)11-22/h1-3,12,15-17,26H,4-11,13-14H2,(H,23,27). The van der Waals surface area contributed by atoms with Gasteiger partial charge in [-0.25, -0.2) is 13.4 Å². The van der Waals surface area contributed by atoms with Gasteiger partial charge in [0.05, 0.1) is 23.8 Å². The number of sulfone groups is 1. The number of carbonyl (C=O) groups excluding carboxylic acids is 1. The van der Waals surface area contributed by atoms with Crippen molar-refractivity contribution in [2.24, 2.45) is 23.2 Å². The summed E-state index contributed by atoms with van der Waals surface area (Å²) < 4.78 is 25.7. The van der Waals surface area contributed by atoms with Gasteiger partial charge in [0.2, 0.25) is 0 Å². The normalized spacial score (nSPS) is 30.1. The number of hydrogen-bond acceptors (Lipinski definition) is 5. The fraction of sp³-hybridized carbons (Fsp3) is 0.636. The van der Waals surface area contributed by atoms with Crippen LogP contribution in [-0.4, -0.2) is 47.7 Å². The van der Waals surface area contributed by atoms with Gasteiger partial charge in [0.25, 0.3) is 5.91 Å². The molecule has 0 aliphatic heterocycles. The number of pyridine rings is 1. The summed E-state index contributed by atoms with van der Waals surface area (Å²) in [5.74, 6) is 1.84. The third kappa shape index (κ3) is 3.75. The zero-order chi connectivity index (χ0) is 20.9. The largest absolute Gasteiger partial charge is 0.395 e. The van der Waals surface area contributed by atoms with Crippen molar-refractivity contribution >= 4 is 21.4 Å². The Kier molecular flexibility index (Phi) is 4.89. The minimum atomic E-state index is -3.43. The van der Waals surface area contributed by atoms with E-state index in [1.54, 1.807) is 28.8 Å². The Balaban J connectivity index is 1.33.